The number of aliphatic hydroxyl groups excluding tert-OH is 1. The van der Waals surface area contributed by atoms with Crippen molar-refractivity contribution in [2.24, 2.45) is 0 Å². The third-order valence-electron chi connectivity index (χ3n) is 4.26. The minimum absolute atomic E-state index is 0.159. The van der Waals surface area contributed by atoms with E-state index in [0.29, 0.717) is 6.04 Å². The topological polar surface area (TPSA) is 35.5 Å². The van der Waals surface area contributed by atoms with Gasteiger partial charge in [0.05, 0.1) is 12.1 Å². The van der Waals surface area contributed by atoms with Gasteiger partial charge in [0.25, 0.3) is 0 Å². The quantitative estimate of drug-likeness (QED) is 0.843. The van der Waals surface area contributed by atoms with Crippen LogP contribution >= 0.6 is 0 Å². The van der Waals surface area contributed by atoms with E-state index >= 15 is 0 Å². The zero-order valence-electron chi connectivity index (χ0n) is 11.7. The number of rotatable bonds is 5. The molecule has 2 aliphatic rings. The second-order valence-electron chi connectivity index (χ2n) is 6.37. The smallest absolute Gasteiger partial charge is 0.0623 e. The van der Waals surface area contributed by atoms with Crippen molar-refractivity contribution < 1.29 is 5.11 Å². The first-order chi connectivity index (χ1) is 9.18. The Labute approximate surface area is 115 Å². The fourth-order valence-corrected chi connectivity index (χ4v) is 3.04. The predicted octanol–water partition coefficient (Wildman–Crippen LogP) is 1.55. The Bertz CT molecular complexity index is 444. The molecule has 0 amide bonds. The molecule has 0 saturated heterocycles. The average Bonchev–Trinajstić information content (AvgIpc) is 3.22. The first-order valence-electron chi connectivity index (χ1n) is 7.36. The molecule has 1 heterocycles. The van der Waals surface area contributed by atoms with Gasteiger partial charge in [-0.3, -0.25) is 4.90 Å². The lowest BCUT2D eigenvalue weighted by atomic mass is 9.96. The molecule has 0 spiro atoms. The number of hydrogen-bond acceptors (Lipinski definition) is 3. The van der Waals surface area contributed by atoms with Gasteiger partial charge in [-0.05, 0) is 37.3 Å². The molecular weight excluding hydrogens is 236 g/mol. The highest BCUT2D eigenvalue weighted by atomic mass is 16.3. The van der Waals surface area contributed by atoms with Gasteiger partial charge in [-0.25, -0.2) is 0 Å². The second kappa shape index (κ2) is 5.23. The van der Waals surface area contributed by atoms with E-state index in [4.69, 9.17) is 0 Å². The summed E-state index contributed by atoms with van der Waals surface area (Å²) in [6, 6.07) is 9.35. The van der Waals surface area contributed by atoms with Gasteiger partial charge in [0, 0.05) is 25.7 Å². The van der Waals surface area contributed by atoms with E-state index in [9.17, 15) is 5.11 Å². The van der Waals surface area contributed by atoms with Crippen LogP contribution in [0.15, 0.2) is 24.3 Å². The van der Waals surface area contributed by atoms with E-state index < -0.39 is 0 Å². The zero-order valence-corrected chi connectivity index (χ0v) is 11.7. The van der Waals surface area contributed by atoms with Crippen LogP contribution < -0.4 is 5.32 Å². The molecule has 1 aromatic rings. The monoisotopic (exact) mass is 260 g/mol. The van der Waals surface area contributed by atoms with Crippen LogP contribution in [0.5, 0.6) is 0 Å². The molecule has 1 atom stereocenters. The number of aliphatic hydroxyl groups is 1. The lowest BCUT2D eigenvalue weighted by molar-refractivity contribution is 0.111. The molecule has 1 saturated carbocycles. The Morgan fingerprint density at radius 2 is 2.05 bits per heavy atom. The van der Waals surface area contributed by atoms with E-state index in [2.05, 4.69) is 41.4 Å². The summed E-state index contributed by atoms with van der Waals surface area (Å²) < 4.78 is 0. The number of nitrogens with zero attached hydrogens (tertiary/aromatic N) is 1. The molecule has 1 fully saturated rings. The molecule has 0 aromatic heterocycles. The normalized spacial score (nSPS) is 22.8. The Morgan fingerprint density at radius 1 is 1.32 bits per heavy atom. The molecular formula is C16H24N2O. The lowest BCUT2D eigenvalue weighted by Crippen LogP contribution is -2.55. The summed E-state index contributed by atoms with van der Waals surface area (Å²) in [5, 5.41) is 13.3. The number of benzene rings is 1. The van der Waals surface area contributed by atoms with Crippen molar-refractivity contribution in [3.8, 4) is 0 Å². The van der Waals surface area contributed by atoms with Crippen molar-refractivity contribution in [3.63, 3.8) is 0 Å². The van der Waals surface area contributed by atoms with Gasteiger partial charge in [0.15, 0.2) is 0 Å². The summed E-state index contributed by atoms with van der Waals surface area (Å²) in [5.74, 6) is 0. The van der Waals surface area contributed by atoms with Crippen LogP contribution in [0.1, 0.15) is 30.9 Å². The van der Waals surface area contributed by atoms with Crippen LogP contribution in [0.2, 0.25) is 0 Å². The van der Waals surface area contributed by atoms with E-state index in [1.165, 1.54) is 24.0 Å². The molecule has 1 aliphatic heterocycles. The van der Waals surface area contributed by atoms with Crippen LogP contribution in [0.25, 0.3) is 0 Å². The summed E-state index contributed by atoms with van der Waals surface area (Å²) in [7, 11) is 0. The maximum atomic E-state index is 9.70. The van der Waals surface area contributed by atoms with Gasteiger partial charge >= 0.3 is 0 Å². The minimum atomic E-state index is -0.159. The highest BCUT2D eigenvalue weighted by Crippen LogP contribution is 2.24. The SMILES string of the molecule is CC(CO)(CN1CCc2ccccc2C1)NC1CC1. The molecule has 0 radical (unpaired) electrons. The summed E-state index contributed by atoms with van der Waals surface area (Å²) in [6.45, 7) is 5.39. The molecule has 3 rings (SSSR count). The van der Waals surface area contributed by atoms with E-state index in [1.807, 2.05) is 0 Å². The Morgan fingerprint density at radius 3 is 2.74 bits per heavy atom. The molecule has 19 heavy (non-hydrogen) atoms. The molecule has 2 N–H and O–H groups in total. The summed E-state index contributed by atoms with van der Waals surface area (Å²) in [4.78, 5) is 2.47. The molecule has 1 aliphatic carbocycles. The van der Waals surface area contributed by atoms with Crippen molar-refractivity contribution in [1.29, 1.82) is 0 Å². The largest absolute Gasteiger partial charge is 0.394 e. The molecule has 3 heteroatoms. The van der Waals surface area contributed by atoms with Crippen molar-refractivity contribution in [2.45, 2.75) is 44.3 Å². The first-order valence-corrected chi connectivity index (χ1v) is 7.36. The number of fused-ring (bicyclic) bond motifs is 1. The van der Waals surface area contributed by atoms with E-state index in [-0.39, 0.29) is 12.1 Å². The van der Waals surface area contributed by atoms with Crippen LogP contribution in [0, 0.1) is 0 Å². The van der Waals surface area contributed by atoms with Crippen LogP contribution in [0.3, 0.4) is 0 Å². The van der Waals surface area contributed by atoms with Gasteiger partial charge in [-0.2, -0.15) is 0 Å². The van der Waals surface area contributed by atoms with Gasteiger partial charge in [-0.15, -0.1) is 0 Å². The zero-order chi connectivity index (χ0) is 13.3. The van der Waals surface area contributed by atoms with Crippen LogP contribution in [-0.4, -0.2) is 41.3 Å². The van der Waals surface area contributed by atoms with Gasteiger partial charge in [0.2, 0.25) is 0 Å². The lowest BCUT2D eigenvalue weighted by Gasteiger charge is -2.37. The van der Waals surface area contributed by atoms with Crippen molar-refractivity contribution in [3.05, 3.63) is 35.4 Å². The third-order valence-corrected chi connectivity index (χ3v) is 4.26. The summed E-state index contributed by atoms with van der Waals surface area (Å²) in [6.07, 6.45) is 3.65. The summed E-state index contributed by atoms with van der Waals surface area (Å²) in [5.41, 5.74) is 2.77. The molecule has 1 unspecified atom stereocenters. The Hall–Kier alpha value is -0.900. The van der Waals surface area contributed by atoms with E-state index in [0.717, 1.165) is 26.1 Å². The van der Waals surface area contributed by atoms with Gasteiger partial charge in [-0.1, -0.05) is 24.3 Å². The van der Waals surface area contributed by atoms with Crippen molar-refractivity contribution >= 4 is 0 Å². The number of nitrogens with one attached hydrogen (secondary N) is 1. The van der Waals surface area contributed by atoms with Gasteiger partial charge in [0.1, 0.15) is 0 Å². The number of hydrogen-bond donors (Lipinski definition) is 2. The first kappa shape index (κ1) is 13.1. The second-order valence-corrected chi connectivity index (χ2v) is 6.37. The fourth-order valence-electron chi connectivity index (χ4n) is 3.04. The average molecular weight is 260 g/mol. The van der Waals surface area contributed by atoms with Crippen molar-refractivity contribution in [2.75, 3.05) is 19.7 Å². The molecule has 3 nitrogen and oxygen atoms in total. The maximum absolute atomic E-state index is 9.70. The highest BCUT2D eigenvalue weighted by molar-refractivity contribution is 5.29. The maximum Gasteiger partial charge on any atom is 0.0623 e. The van der Waals surface area contributed by atoms with E-state index in [1.54, 1.807) is 0 Å². The Balaban J connectivity index is 1.64. The molecule has 1 aromatic carbocycles. The Kier molecular flexibility index (Phi) is 3.61. The molecule has 0 bridgehead atoms. The minimum Gasteiger partial charge on any atom is -0.394 e. The molecule has 104 valence electrons. The predicted molar refractivity (Wildman–Crippen MR) is 77.1 cm³/mol. The van der Waals surface area contributed by atoms with Gasteiger partial charge < -0.3 is 10.4 Å². The summed E-state index contributed by atoms with van der Waals surface area (Å²) >= 11 is 0. The van der Waals surface area contributed by atoms with Crippen LogP contribution in [0.4, 0.5) is 0 Å². The standard InChI is InChI=1S/C16H24N2O/c1-16(12-19,17-15-6-7-15)11-18-9-8-13-4-2-3-5-14(13)10-18/h2-5,15,17,19H,6-12H2,1H3. The highest BCUT2D eigenvalue weighted by Gasteiger charge is 2.34. The van der Waals surface area contributed by atoms with Crippen molar-refractivity contribution in [1.82, 2.24) is 10.2 Å². The third kappa shape index (κ3) is 3.16. The van der Waals surface area contributed by atoms with Crippen LogP contribution in [-0.2, 0) is 13.0 Å². The fraction of sp³-hybridized carbons (Fsp3) is 0.625.